The molecule has 1 aromatic carbocycles. The molecule has 0 radical (unpaired) electrons. The maximum Gasteiger partial charge on any atom is 0.317 e. The van der Waals surface area contributed by atoms with Crippen molar-refractivity contribution in [3.63, 3.8) is 0 Å². The average Bonchev–Trinajstić information content (AvgIpc) is 3.02. The van der Waals surface area contributed by atoms with Crippen LogP contribution < -0.4 is 10.6 Å². The molecule has 3 rings (SSSR count). The lowest BCUT2D eigenvalue weighted by atomic mass is 9.76. The number of rotatable bonds is 5. The zero-order chi connectivity index (χ0) is 18.0. The van der Waals surface area contributed by atoms with Crippen molar-refractivity contribution < 1.29 is 9.72 Å². The van der Waals surface area contributed by atoms with E-state index in [2.05, 4.69) is 10.6 Å². The van der Waals surface area contributed by atoms with Gasteiger partial charge >= 0.3 is 6.03 Å². The van der Waals surface area contributed by atoms with Crippen LogP contribution in [0.1, 0.15) is 31.2 Å². The fraction of sp³-hybridized carbons (Fsp3) is 0.588. The molecule has 1 aromatic rings. The lowest BCUT2D eigenvalue weighted by Gasteiger charge is -2.41. The maximum atomic E-state index is 12.2. The van der Waals surface area contributed by atoms with Crippen LogP contribution in [0.25, 0.3) is 0 Å². The highest BCUT2D eigenvalue weighted by atomic mass is 35.5. The smallest absolute Gasteiger partial charge is 0.317 e. The summed E-state index contributed by atoms with van der Waals surface area (Å²) in [6.07, 6.45) is 1.60. The summed E-state index contributed by atoms with van der Waals surface area (Å²) in [5.41, 5.74) is 0.768. The van der Waals surface area contributed by atoms with Gasteiger partial charge in [-0.05, 0) is 43.4 Å². The lowest BCUT2D eigenvalue weighted by Crippen LogP contribution is -2.52. The molecule has 0 bridgehead atoms. The molecule has 0 spiro atoms. The number of benzene rings is 1. The Balaban J connectivity index is 1.97. The number of nitrogens with one attached hydrogen (secondary N) is 2. The van der Waals surface area contributed by atoms with Crippen LogP contribution in [-0.4, -0.2) is 48.1 Å². The first-order valence-electron chi connectivity index (χ1n) is 8.72. The number of carbonyl (C=O) groups excluding carboxylic acids is 1. The van der Waals surface area contributed by atoms with Crippen LogP contribution >= 0.6 is 11.6 Å². The van der Waals surface area contributed by atoms with E-state index in [1.807, 2.05) is 11.8 Å². The summed E-state index contributed by atoms with van der Waals surface area (Å²) >= 11 is 6.14. The number of halogens is 1. The van der Waals surface area contributed by atoms with Gasteiger partial charge in [0.25, 0.3) is 5.69 Å². The second kappa shape index (κ2) is 7.58. The highest BCUT2D eigenvalue weighted by Crippen LogP contribution is 2.40. The van der Waals surface area contributed by atoms with E-state index in [0.717, 1.165) is 25.9 Å². The Hall–Kier alpha value is -1.86. The number of hydrogen-bond donors (Lipinski definition) is 2. The molecule has 2 amide bonds. The fourth-order valence-electron chi connectivity index (χ4n) is 4.21. The van der Waals surface area contributed by atoms with E-state index in [1.165, 1.54) is 6.07 Å². The Labute approximate surface area is 151 Å². The number of urea groups is 1. The fourth-order valence-corrected chi connectivity index (χ4v) is 4.39. The summed E-state index contributed by atoms with van der Waals surface area (Å²) in [4.78, 5) is 25.2. The van der Waals surface area contributed by atoms with Gasteiger partial charge in [0.05, 0.1) is 4.92 Å². The molecule has 8 heteroatoms. The standard InChI is InChI=1S/C17H23ClN4O3/c1-2-12(13-9-11(18)3-4-16(13)22(24)25)14-10-19-6-5-15(14)21-8-7-20-17(21)23/h3-4,9,12,14-15,19H,2,5-8,10H2,1H3,(H,20,23). The molecule has 7 nitrogen and oxygen atoms in total. The van der Waals surface area contributed by atoms with Crippen molar-refractivity contribution in [2.45, 2.75) is 31.7 Å². The summed E-state index contributed by atoms with van der Waals surface area (Å²) in [5.74, 6) is 0.0741. The van der Waals surface area contributed by atoms with Gasteiger partial charge in [0, 0.05) is 42.3 Å². The first kappa shape index (κ1) is 17.9. The zero-order valence-electron chi connectivity index (χ0n) is 14.2. The van der Waals surface area contributed by atoms with Crippen LogP contribution in [0.5, 0.6) is 0 Å². The van der Waals surface area contributed by atoms with Gasteiger partial charge in [-0.3, -0.25) is 10.1 Å². The number of nitro groups is 1. The summed E-state index contributed by atoms with van der Waals surface area (Å²) < 4.78 is 0. The van der Waals surface area contributed by atoms with Crippen molar-refractivity contribution >= 4 is 23.3 Å². The highest BCUT2D eigenvalue weighted by molar-refractivity contribution is 6.30. The average molecular weight is 367 g/mol. The second-order valence-electron chi connectivity index (χ2n) is 6.62. The molecule has 0 aromatic heterocycles. The Morgan fingerprint density at radius 3 is 2.88 bits per heavy atom. The van der Waals surface area contributed by atoms with Gasteiger partial charge in [0.2, 0.25) is 0 Å². The molecule has 3 atom stereocenters. The SMILES string of the molecule is CCC(c1cc(Cl)ccc1[N+](=O)[O-])C1CNCCC1N1CCNC1=O. The van der Waals surface area contributed by atoms with Gasteiger partial charge < -0.3 is 15.5 Å². The van der Waals surface area contributed by atoms with E-state index in [-0.39, 0.29) is 34.5 Å². The first-order chi connectivity index (χ1) is 12.0. The lowest BCUT2D eigenvalue weighted by molar-refractivity contribution is -0.385. The van der Waals surface area contributed by atoms with Crippen molar-refractivity contribution in [2.75, 3.05) is 26.2 Å². The number of piperidine rings is 1. The molecule has 2 fully saturated rings. The Morgan fingerprint density at radius 1 is 1.44 bits per heavy atom. The van der Waals surface area contributed by atoms with Gasteiger partial charge in [-0.2, -0.15) is 0 Å². The van der Waals surface area contributed by atoms with Crippen molar-refractivity contribution in [1.29, 1.82) is 0 Å². The largest absolute Gasteiger partial charge is 0.336 e. The summed E-state index contributed by atoms with van der Waals surface area (Å²) in [5, 5.41) is 18.2. The molecule has 0 saturated carbocycles. The Kier molecular flexibility index (Phi) is 5.44. The van der Waals surface area contributed by atoms with Crippen molar-refractivity contribution in [1.82, 2.24) is 15.5 Å². The van der Waals surface area contributed by atoms with E-state index in [1.54, 1.807) is 12.1 Å². The van der Waals surface area contributed by atoms with Crippen LogP contribution in [0.3, 0.4) is 0 Å². The summed E-state index contributed by atoms with van der Waals surface area (Å²) in [6.45, 7) is 4.96. The van der Waals surface area contributed by atoms with Crippen molar-refractivity contribution in [3.8, 4) is 0 Å². The summed E-state index contributed by atoms with van der Waals surface area (Å²) in [6, 6.07) is 4.79. The molecule has 0 aliphatic carbocycles. The predicted octanol–water partition coefficient (Wildman–Crippen LogP) is 2.75. The number of hydrogen-bond acceptors (Lipinski definition) is 4. The van der Waals surface area contributed by atoms with E-state index in [9.17, 15) is 14.9 Å². The molecule has 2 aliphatic rings. The quantitative estimate of drug-likeness (QED) is 0.619. The van der Waals surface area contributed by atoms with Crippen LogP contribution in [0.4, 0.5) is 10.5 Å². The molecule has 2 N–H and O–H groups in total. The van der Waals surface area contributed by atoms with Gasteiger partial charge in [0.15, 0.2) is 0 Å². The van der Waals surface area contributed by atoms with Crippen molar-refractivity contribution in [3.05, 3.63) is 38.9 Å². The Morgan fingerprint density at radius 2 is 2.24 bits per heavy atom. The van der Waals surface area contributed by atoms with Gasteiger partial charge in [-0.25, -0.2) is 4.79 Å². The Bertz CT molecular complexity index is 669. The molecule has 2 heterocycles. The van der Waals surface area contributed by atoms with Crippen LogP contribution in [0.15, 0.2) is 18.2 Å². The van der Waals surface area contributed by atoms with E-state index in [0.29, 0.717) is 23.7 Å². The minimum atomic E-state index is -0.345. The maximum absolute atomic E-state index is 12.2. The molecule has 2 saturated heterocycles. The predicted molar refractivity (Wildman–Crippen MR) is 96.0 cm³/mol. The summed E-state index contributed by atoms with van der Waals surface area (Å²) in [7, 11) is 0. The normalized spacial score (nSPS) is 24.9. The van der Waals surface area contributed by atoms with E-state index >= 15 is 0 Å². The molecule has 2 aliphatic heterocycles. The minimum absolute atomic E-state index is 0.0349. The van der Waals surface area contributed by atoms with Gasteiger partial charge in [0.1, 0.15) is 0 Å². The van der Waals surface area contributed by atoms with Crippen LogP contribution in [0.2, 0.25) is 5.02 Å². The first-order valence-corrected chi connectivity index (χ1v) is 9.09. The molecule has 3 unspecified atom stereocenters. The van der Waals surface area contributed by atoms with E-state index < -0.39 is 0 Å². The molecular weight excluding hydrogens is 344 g/mol. The van der Waals surface area contributed by atoms with Gasteiger partial charge in [-0.15, -0.1) is 0 Å². The third kappa shape index (κ3) is 3.57. The number of nitrogens with zero attached hydrogens (tertiary/aromatic N) is 2. The second-order valence-corrected chi connectivity index (χ2v) is 7.06. The third-order valence-corrected chi connectivity index (χ3v) is 5.56. The minimum Gasteiger partial charge on any atom is -0.336 e. The molecular formula is C17H23ClN4O3. The highest BCUT2D eigenvalue weighted by Gasteiger charge is 2.40. The van der Waals surface area contributed by atoms with E-state index in [4.69, 9.17) is 11.6 Å². The number of carbonyl (C=O) groups is 1. The number of amides is 2. The molecule has 25 heavy (non-hydrogen) atoms. The topological polar surface area (TPSA) is 87.5 Å². The van der Waals surface area contributed by atoms with Crippen LogP contribution in [0, 0.1) is 16.0 Å². The van der Waals surface area contributed by atoms with Crippen molar-refractivity contribution in [2.24, 2.45) is 5.92 Å². The van der Waals surface area contributed by atoms with Gasteiger partial charge in [-0.1, -0.05) is 18.5 Å². The monoisotopic (exact) mass is 366 g/mol. The zero-order valence-corrected chi connectivity index (χ0v) is 15.0. The third-order valence-electron chi connectivity index (χ3n) is 5.32. The van der Waals surface area contributed by atoms with Crippen LogP contribution in [-0.2, 0) is 0 Å². The number of nitro benzene ring substituents is 1. The molecule has 136 valence electrons.